The summed E-state index contributed by atoms with van der Waals surface area (Å²) in [6, 6.07) is 0. The van der Waals surface area contributed by atoms with Crippen molar-refractivity contribution in [2.75, 3.05) is 26.0 Å². The molecule has 0 saturated carbocycles. The van der Waals surface area contributed by atoms with E-state index in [1.165, 1.54) is 18.0 Å². The number of hydrogen-bond donors (Lipinski definition) is 3. The van der Waals surface area contributed by atoms with Crippen molar-refractivity contribution in [3.8, 4) is 0 Å². The molecule has 7 nitrogen and oxygen atoms in total. The van der Waals surface area contributed by atoms with Crippen molar-refractivity contribution in [2.24, 2.45) is 7.05 Å². The van der Waals surface area contributed by atoms with E-state index in [1.807, 2.05) is 0 Å². The summed E-state index contributed by atoms with van der Waals surface area (Å²) >= 11 is 0. The van der Waals surface area contributed by atoms with Gasteiger partial charge in [-0.2, -0.15) is 5.10 Å². The van der Waals surface area contributed by atoms with Crippen molar-refractivity contribution in [1.82, 2.24) is 15.1 Å². The predicted molar refractivity (Wildman–Crippen MR) is 62.5 cm³/mol. The summed E-state index contributed by atoms with van der Waals surface area (Å²) in [5.74, 6) is -0.299. The maximum atomic E-state index is 11.7. The topological polar surface area (TPSA) is 102 Å². The van der Waals surface area contributed by atoms with Gasteiger partial charge in [0.2, 0.25) is 0 Å². The van der Waals surface area contributed by atoms with E-state index in [2.05, 4.69) is 10.4 Å². The Balaban J connectivity index is 2.40. The fraction of sp³-hybridized carbons (Fsp3) is 0.600. The smallest absolute Gasteiger partial charge is 0.271 e. The zero-order chi connectivity index (χ0) is 12.8. The lowest BCUT2D eigenvalue weighted by Gasteiger charge is -2.10. The van der Waals surface area contributed by atoms with Gasteiger partial charge in [-0.3, -0.25) is 9.48 Å². The molecule has 0 aliphatic heterocycles. The van der Waals surface area contributed by atoms with Crippen LogP contribution in [-0.4, -0.2) is 47.2 Å². The highest BCUT2D eigenvalue weighted by atomic mass is 16.5. The second kappa shape index (κ2) is 6.21. The maximum absolute atomic E-state index is 11.7. The molecule has 1 aromatic heterocycles. The number of carbonyl (C=O) groups is 1. The van der Waals surface area contributed by atoms with Crippen LogP contribution >= 0.6 is 0 Å². The van der Waals surface area contributed by atoms with Crippen molar-refractivity contribution in [1.29, 1.82) is 0 Å². The number of anilines is 1. The third kappa shape index (κ3) is 3.72. The first-order chi connectivity index (χ1) is 8.06. The summed E-state index contributed by atoms with van der Waals surface area (Å²) in [7, 11) is 3.16. The van der Waals surface area contributed by atoms with Gasteiger partial charge < -0.3 is 20.9 Å². The lowest BCUT2D eigenvalue weighted by Crippen LogP contribution is -2.30. The van der Waals surface area contributed by atoms with E-state index in [-0.39, 0.29) is 12.5 Å². The van der Waals surface area contributed by atoms with Crippen LogP contribution in [0, 0.1) is 0 Å². The van der Waals surface area contributed by atoms with Crippen molar-refractivity contribution >= 4 is 11.6 Å². The summed E-state index contributed by atoms with van der Waals surface area (Å²) in [4.78, 5) is 11.7. The Hall–Kier alpha value is -1.60. The maximum Gasteiger partial charge on any atom is 0.271 e. The molecule has 1 atom stereocenters. The quantitative estimate of drug-likeness (QED) is 0.601. The highest BCUT2D eigenvalue weighted by molar-refractivity contribution is 5.97. The van der Waals surface area contributed by atoms with Gasteiger partial charge in [0.05, 0.1) is 24.6 Å². The molecule has 0 aromatic carbocycles. The second-order valence-electron chi connectivity index (χ2n) is 3.73. The molecule has 0 radical (unpaired) electrons. The fourth-order valence-electron chi connectivity index (χ4n) is 1.44. The van der Waals surface area contributed by atoms with Crippen LogP contribution in [0.4, 0.5) is 5.69 Å². The van der Waals surface area contributed by atoms with Gasteiger partial charge in [-0.25, -0.2) is 0 Å². The first-order valence-corrected chi connectivity index (χ1v) is 5.29. The van der Waals surface area contributed by atoms with Crippen molar-refractivity contribution in [2.45, 2.75) is 12.5 Å². The SMILES string of the molecule is COCC(O)CCNC(=O)c1c(N)cnn1C. The summed E-state index contributed by atoms with van der Waals surface area (Å²) in [6.07, 6.45) is 1.27. The molecule has 0 aliphatic rings. The van der Waals surface area contributed by atoms with Crippen LogP contribution in [0.3, 0.4) is 0 Å². The summed E-state index contributed by atoms with van der Waals surface area (Å²) in [5.41, 5.74) is 6.27. The number of carbonyl (C=O) groups excluding carboxylic acids is 1. The van der Waals surface area contributed by atoms with Crippen LogP contribution in [0.15, 0.2) is 6.20 Å². The molecule has 0 bridgehead atoms. The number of nitrogens with two attached hydrogens (primary N) is 1. The van der Waals surface area contributed by atoms with E-state index >= 15 is 0 Å². The number of aliphatic hydroxyl groups is 1. The number of aromatic nitrogens is 2. The average molecular weight is 242 g/mol. The zero-order valence-electron chi connectivity index (χ0n) is 10.0. The van der Waals surface area contributed by atoms with E-state index in [9.17, 15) is 9.90 Å². The standard InChI is InChI=1S/C10H18N4O3/c1-14-9(8(11)5-13-14)10(16)12-4-3-7(15)6-17-2/h5,7,15H,3-4,6,11H2,1-2H3,(H,12,16). The normalized spacial score (nSPS) is 12.4. The van der Waals surface area contributed by atoms with Crippen molar-refractivity contribution < 1.29 is 14.6 Å². The summed E-state index contributed by atoms with van der Waals surface area (Å²) in [6.45, 7) is 0.609. The minimum Gasteiger partial charge on any atom is -0.396 e. The molecule has 17 heavy (non-hydrogen) atoms. The number of hydrogen-bond acceptors (Lipinski definition) is 5. The summed E-state index contributed by atoms with van der Waals surface area (Å²) < 4.78 is 6.19. The zero-order valence-corrected chi connectivity index (χ0v) is 10.0. The second-order valence-corrected chi connectivity index (χ2v) is 3.73. The Morgan fingerprint density at radius 2 is 2.47 bits per heavy atom. The molecule has 0 aliphatic carbocycles. The minimum atomic E-state index is -0.579. The predicted octanol–water partition coefficient (Wildman–Crippen LogP) is -0.870. The molecular formula is C10H18N4O3. The van der Waals surface area contributed by atoms with Gasteiger partial charge in [0, 0.05) is 20.7 Å². The molecule has 0 saturated heterocycles. The Morgan fingerprint density at radius 3 is 3.00 bits per heavy atom. The Kier molecular flexibility index (Phi) is 4.92. The van der Waals surface area contributed by atoms with E-state index in [1.54, 1.807) is 7.05 Å². The molecule has 7 heteroatoms. The van der Waals surface area contributed by atoms with Crippen molar-refractivity contribution in [3.05, 3.63) is 11.9 Å². The van der Waals surface area contributed by atoms with Gasteiger partial charge in [-0.15, -0.1) is 0 Å². The number of amides is 1. The number of nitrogens with zero attached hydrogens (tertiary/aromatic N) is 2. The van der Waals surface area contributed by atoms with Crippen LogP contribution in [0.2, 0.25) is 0 Å². The van der Waals surface area contributed by atoms with E-state index < -0.39 is 6.10 Å². The molecule has 0 fully saturated rings. The molecule has 1 amide bonds. The molecule has 1 aromatic rings. The number of nitrogen functional groups attached to an aromatic ring is 1. The van der Waals surface area contributed by atoms with Crippen LogP contribution in [0.1, 0.15) is 16.9 Å². The average Bonchev–Trinajstić information content (AvgIpc) is 2.59. The minimum absolute atomic E-state index is 0.254. The molecular weight excluding hydrogens is 224 g/mol. The largest absolute Gasteiger partial charge is 0.396 e. The van der Waals surface area contributed by atoms with Crippen LogP contribution in [-0.2, 0) is 11.8 Å². The summed E-state index contributed by atoms with van der Waals surface area (Å²) in [5, 5.41) is 15.9. The number of methoxy groups -OCH3 is 1. The molecule has 0 spiro atoms. The van der Waals surface area contributed by atoms with Gasteiger partial charge in [0.1, 0.15) is 5.69 Å². The van der Waals surface area contributed by atoms with Gasteiger partial charge in [0.25, 0.3) is 5.91 Å². The monoisotopic (exact) mass is 242 g/mol. The lowest BCUT2D eigenvalue weighted by molar-refractivity contribution is 0.0587. The lowest BCUT2D eigenvalue weighted by atomic mass is 10.2. The number of aryl methyl sites for hydroxylation is 1. The third-order valence-corrected chi connectivity index (χ3v) is 2.30. The molecule has 4 N–H and O–H groups in total. The van der Waals surface area contributed by atoms with E-state index in [0.717, 1.165) is 0 Å². The number of rotatable bonds is 6. The van der Waals surface area contributed by atoms with Gasteiger partial charge >= 0.3 is 0 Å². The van der Waals surface area contributed by atoms with Crippen LogP contribution < -0.4 is 11.1 Å². The first kappa shape index (κ1) is 13.5. The molecule has 1 rings (SSSR count). The van der Waals surface area contributed by atoms with E-state index in [0.29, 0.717) is 24.3 Å². The van der Waals surface area contributed by atoms with Crippen molar-refractivity contribution in [3.63, 3.8) is 0 Å². The van der Waals surface area contributed by atoms with Crippen LogP contribution in [0.5, 0.6) is 0 Å². The highest BCUT2D eigenvalue weighted by Gasteiger charge is 2.14. The number of aliphatic hydroxyl groups excluding tert-OH is 1. The number of nitrogens with one attached hydrogen (secondary N) is 1. The Bertz CT molecular complexity index is 358. The van der Waals surface area contributed by atoms with Gasteiger partial charge in [-0.1, -0.05) is 0 Å². The van der Waals surface area contributed by atoms with E-state index in [4.69, 9.17) is 10.5 Å². The van der Waals surface area contributed by atoms with Crippen LogP contribution in [0.25, 0.3) is 0 Å². The first-order valence-electron chi connectivity index (χ1n) is 5.29. The molecule has 1 heterocycles. The fourth-order valence-corrected chi connectivity index (χ4v) is 1.44. The third-order valence-electron chi connectivity index (χ3n) is 2.30. The number of ether oxygens (including phenoxy) is 1. The highest BCUT2D eigenvalue weighted by Crippen LogP contribution is 2.08. The van der Waals surface area contributed by atoms with Gasteiger partial charge in [-0.05, 0) is 6.42 Å². The molecule has 96 valence electrons. The Morgan fingerprint density at radius 1 is 1.76 bits per heavy atom. The Labute approximate surface area is 99.6 Å². The van der Waals surface area contributed by atoms with Gasteiger partial charge in [0.15, 0.2) is 0 Å². The molecule has 1 unspecified atom stereocenters.